The first-order valence-electron chi connectivity index (χ1n) is 13.4. The number of amides is 1. The highest BCUT2D eigenvalue weighted by Crippen LogP contribution is 2.39. The summed E-state index contributed by atoms with van der Waals surface area (Å²) in [6.07, 6.45) is 0.667. The zero-order chi connectivity index (χ0) is 26.1. The number of benzene rings is 3. The summed E-state index contributed by atoms with van der Waals surface area (Å²) in [6.45, 7) is 9.39. The second-order valence-corrected chi connectivity index (χ2v) is 10.5. The molecule has 0 radical (unpaired) electrons. The largest absolute Gasteiger partial charge is 0.454 e. The van der Waals surface area contributed by atoms with Crippen LogP contribution >= 0.6 is 0 Å². The molecule has 196 valence electrons. The number of rotatable bonds is 6. The van der Waals surface area contributed by atoms with Gasteiger partial charge in [-0.15, -0.1) is 0 Å². The summed E-state index contributed by atoms with van der Waals surface area (Å²) in [6, 6.07) is 22.8. The van der Waals surface area contributed by atoms with Crippen molar-refractivity contribution in [3.05, 3.63) is 94.5 Å². The van der Waals surface area contributed by atoms with E-state index in [0.717, 1.165) is 61.1 Å². The van der Waals surface area contributed by atoms with Crippen LogP contribution in [0.2, 0.25) is 0 Å². The Balaban J connectivity index is 1.18. The summed E-state index contributed by atoms with van der Waals surface area (Å²) in [7, 11) is 0. The third-order valence-electron chi connectivity index (χ3n) is 7.71. The molecule has 1 atom stereocenters. The molecule has 7 heteroatoms. The highest BCUT2D eigenvalue weighted by Gasteiger charge is 2.35. The number of aryl methyl sites for hydroxylation is 2. The van der Waals surface area contributed by atoms with E-state index in [0.29, 0.717) is 13.0 Å². The Labute approximate surface area is 224 Å². The standard InChI is InChI=1S/C31H34N4O3/c1-22-8-10-26(23(2)16-22)27-18-28(25-9-11-29-30(17-25)38-21-37-29)35(32-27)31(36)20-34-14-12-33(13-15-34)19-24-6-4-3-5-7-24/h3-11,16-17,28H,12-15,18-21H2,1-2H3/t28-/m1/s1. The average Bonchev–Trinajstić information content (AvgIpc) is 3.57. The Morgan fingerprint density at radius 1 is 0.895 bits per heavy atom. The molecule has 7 nitrogen and oxygen atoms in total. The van der Waals surface area contributed by atoms with E-state index in [1.54, 1.807) is 5.01 Å². The number of carbonyl (C=O) groups is 1. The van der Waals surface area contributed by atoms with E-state index >= 15 is 0 Å². The van der Waals surface area contributed by atoms with Crippen molar-refractivity contribution < 1.29 is 14.3 Å². The van der Waals surface area contributed by atoms with Crippen LogP contribution in [0, 0.1) is 13.8 Å². The number of hydrogen-bond acceptors (Lipinski definition) is 6. The van der Waals surface area contributed by atoms with Crippen LogP contribution in [0.25, 0.3) is 0 Å². The molecule has 38 heavy (non-hydrogen) atoms. The molecule has 3 aliphatic rings. The molecule has 0 spiro atoms. The van der Waals surface area contributed by atoms with Crippen LogP contribution in [0.3, 0.4) is 0 Å². The number of nitrogens with zero attached hydrogens (tertiary/aromatic N) is 4. The van der Waals surface area contributed by atoms with Gasteiger partial charge < -0.3 is 9.47 Å². The molecule has 0 N–H and O–H groups in total. The summed E-state index contributed by atoms with van der Waals surface area (Å²) < 4.78 is 11.1. The molecule has 1 saturated heterocycles. The zero-order valence-corrected chi connectivity index (χ0v) is 22.1. The van der Waals surface area contributed by atoms with Gasteiger partial charge in [0.2, 0.25) is 6.79 Å². The van der Waals surface area contributed by atoms with Crippen LogP contribution in [-0.4, -0.2) is 65.9 Å². The summed E-state index contributed by atoms with van der Waals surface area (Å²) >= 11 is 0. The number of hydrogen-bond donors (Lipinski definition) is 0. The number of ether oxygens (including phenoxy) is 2. The molecule has 1 fully saturated rings. The molecular formula is C31H34N4O3. The van der Waals surface area contributed by atoms with Gasteiger partial charge in [0.1, 0.15) is 0 Å². The predicted octanol–water partition coefficient (Wildman–Crippen LogP) is 4.53. The normalized spacial score (nSPS) is 19.6. The lowest BCUT2D eigenvalue weighted by Crippen LogP contribution is -2.49. The Morgan fingerprint density at radius 3 is 2.45 bits per heavy atom. The van der Waals surface area contributed by atoms with Crippen LogP contribution in [0.15, 0.2) is 71.8 Å². The SMILES string of the molecule is Cc1ccc(C2=NN(C(=O)CN3CCN(Cc4ccccc4)CC3)[C@@H](c3ccc4c(c3)OCO4)C2)c(C)c1. The van der Waals surface area contributed by atoms with Crippen molar-refractivity contribution in [1.29, 1.82) is 0 Å². The monoisotopic (exact) mass is 510 g/mol. The minimum atomic E-state index is -0.174. The van der Waals surface area contributed by atoms with Crippen LogP contribution in [0.1, 0.15) is 40.3 Å². The van der Waals surface area contributed by atoms with Gasteiger partial charge in [-0.2, -0.15) is 5.10 Å². The molecular weight excluding hydrogens is 476 g/mol. The maximum atomic E-state index is 13.7. The molecule has 3 aromatic rings. The lowest BCUT2D eigenvalue weighted by atomic mass is 9.95. The molecule has 6 rings (SSSR count). The van der Waals surface area contributed by atoms with Gasteiger partial charge in [0.15, 0.2) is 11.5 Å². The van der Waals surface area contributed by atoms with Crippen molar-refractivity contribution in [2.75, 3.05) is 39.5 Å². The molecule has 3 heterocycles. The van der Waals surface area contributed by atoms with Crippen molar-refractivity contribution in [2.24, 2.45) is 5.10 Å². The molecule has 3 aromatic carbocycles. The van der Waals surface area contributed by atoms with Crippen LogP contribution in [-0.2, 0) is 11.3 Å². The molecule has 0 aliphatic carbocycles. The minimum Gasteiger partial charge on any atom is -0.454 e. The van der Waals surface area contributed by atoms with Crippen molar-refractivity contribution in [1.82, 2.24) is 14.8 Å². The summed E-state index contributed by atoms with van der Waals surface area (Å²) in [5.41, 5.74) is 6.79. The Bertz CT molecular complexity index is 1350. The quantitative estimate of drug-likeness (QED) is 0.488. The lowest BCUT2D eigenvalue weighted by molar-refractivity contribution is -0.134. The number of carbonyl (C=O) groups excluding carboxylic acids is 1. The molecule has 0 saturated carbocycles. The van der Waals surface area contributed by atoms with Gasteiger partial charge in [-0.25, -0.2) is 5.01 Å². The summed E-state index contributed by atoms with van der Waals surface area (Å²) in [4.78, 5) is 18.4. The summed E-state index contributed by atoms with van der Waals surface area (Å²) in [5, 5.41) is 6.64. The number of hydrazone groups is 1. The average molecular weight is 511 g/mol. The highest BCUT2D eigenvalue weighted by molar-refractivity contribution is 6.04. The van der Waals surface area contributed by atoms with Crippen LogP contribution < -0.4 is 9.47 Å². The molecule has 0 unspecified atom stereocenters. The molecule has 0 bridgehead atoms. The van der Waals surface area contributed by atoms with Gasteiger partial charge in [-0.3, -0.25) is 14.6 Å². The zero-order valence-electron chi connectivity index (χ0n) is 22.1. The molecule has 3 aliphatic heterocycles. The van der Waals surface area contributed by atoms with Gasteiger partial charge in [-0.1, -0.05) is 60.2 Å². The predicted molar refractivity (Wildman–Crippen MR) is 147 cm³/mol. The Kier molecular flexibility index (Phi) is 6.87. The highest BCUT2D eigenvalue weighted by atomic mass is 16.7. The molecule has 0 aromatic heterocycles. The second-order valence-electron chi connectivity index (χ2n) is 10.5. The maximum absolute atomic E-state index is 13.7. The van der Waals surface area contributed by atoms with E-state index in [-0.39, 0.29) is 18.7 Å². The van der Waals surface area contributed by atoms with Gasteiger partial charge in [0, 0.05) is 44.7 Å². The fraction of sp³-hybridized carbons (Fsp3) is 0.355. The van der Waals surface area contributed by atoms with Gasteiger partial charge in [0.05, 0.1) is 18.3 Å². The van der Waals surface area contributed by atoms with Crippen molar-refractivity contribution in [3.63, 3.8) is 0 Å². The number of piperazine rings is 1. The van der Waals surface area contributed by atoms with Gasteiger partial charge >= 0.3 is 0 Å². The van der Waals surface area contributed by atoms with E-state index in [4.69, 9.17) is 14.6 Å². The van der Waals surface area contributed by atoms with Crippen molar-refractivity contribution in [3.8, 4) is 11.5 Å². The fourth-order valence-corrected chi connectivity index (χ4v) is 5.63. The second kappa shape index (κ2) is 10.6. The van der Waals surface area contributed by atoms with Crippen LogP contribution in [0.4, 0.5) is 0 Å². The smallest absolute Gasteiger partial charge is 0.257 e. The minimum absolute atomic E-state index is 0.0314. The van der Waals surface area contributed by atoms with Gasteiger partial charge in [0.25, 0.3) is 5.91 Å². The van der Waals surface area contributed by atoms with Crippen molar-refractivity contribution >= 4 is 11.6 Å². The Morgan fingerprint density at radius 2 is 1.66 bits per heavy atom. The van der Waals surface area contributed by atoms with Crippen molar-refractivity contribution in [2.45, 2.75) is 32.9 Å². The summed E-state index contributed by atoms with van der Waals surface area (Å²) in [5.74, 6) is 1.50. The maximum Gasteiger partial charge on any atom is 0.257 e. The lowest BCUT2D eigenvalue weighted by Gasteiger charge is -2.35. The first kappa shape index (κ1) is 24.6. The van der Waals surface area contributed by atoms with E-state index in [1.165, 1.54) is 16.7 Å². The van der Waals surface area contributed by atoms with E-state index < -0.39 is 0 Å². The first-order chi connectivity index (χ1) is 18.5. The van der Waals surface area contributed by atoms with E-state index in [1.807, 2.05) is 18.2 Å². The van der Waals surface area contributed by atoms with Crippen LogP contribution in [0.5, 0.6) is 11.5 Å². The third-order valence-corrected chi connectivity index (χ3v) is 7.71. The topological polar surface area (TPSA) is 57.6 Å². The van der Waals surface area contributed by atoms with E-state index in [2.05, 4.69) is 72.2 Å². The fourth-order valence-electron chi connectivity index (χ4n) is 5.63. The van der Waals surface area contributed by atoms with E-state index in [9.17, 15) is 4.79 Å². The number of fused-ring (bicyclic) bond motifs is 1. The van der Waals surface area contributed by atoms with Gasteiger partial charge in [-0.05, 0) is 42.7 Å². The first-order valence-corrected chi connectivity index (χ1v) is 13.4. The Hall–Kier alpha value is -3.68. The molecule has 1 amide bonds. The third kappa shape index (κ3) is 5.17.